The second-order valence-electron chi connectivity index (χ2n) is 4.90. The maximum absolute atomic E-state index is 2.26. The van der Waals surface area contributed by atoms with Crippen molar-refractivity contribution in [1.82, 2.24) is 0 Å². The van der Waals surface area contributed by atoms with Gasteiger partial charge in [-0.05, 0) is 0 Å². The zero-order valence-corrected chi connectivity index (χ0v) is 9.62. The van der Waals surface area contributed by atoms with E-state index in [0.29, 0.717) is 0 Å². The Morgan fingerprint density at radius 1 is 1.14 bits per heavy atom. The summed E-state index contributed by atoms with van der Waals surface area (Å²) in [6, 6.07) is 10.5. The van der Waals surface area contributed by atoms with Crippen molar-refractivity contribution in [2.75, 3.05) is 7.05 Å². The molecule has 1 aromatic rings. The van der Waals surface area contributed by atoms with E-state index >= 15 is 0 Å². The van der Waals surface area contributed by atoms with Crippen LogP contribution in [0, 0.1) is 5.41 Å². The summed E-state index contributed by atoms with van der Waals surface area (Å²) in [5.74, 6) is 0. The van der Waals surface area contributed by atoms with Crippen LogP contribution in [0.25, 0.3) is 0 Å². The van der Waals surface area contributed by atoms with E-state index in [1.54, 1.807) is 0 Å². The molecule has 0 heterocycles. The second kappa shape index (κ2) is 4.41. The Labute approximate surface area is 87.1 Å². The molecule has 0 saturated carbocycles. The van der Waals surface area contributed by atoms with Crippen LogP contribution in [0.3, 0.4) is 0 Å². The van der Waals surface area contributed by atoms with Crippen molar-refractivity contribution in [3.05, 3.63) is 35.9 Å². The topological polar surface area (TPSA) is 3.01 Å². The lowest BCUT2D eigenvalue weighted by molar-refractivity contribution is -0.512. The predicted molar refractivity (Wildman–Crippen MR) is 61.8 cm³/mol. The molecule has 1 nitrogen and oxygen atoms in total. The van der Waals surface area contributed by atoms with Crippen molar-refractivity contribution < 1.29 is 4.58 Å². The summed E-state index contributed by atoms with van der Waals surface area (Å²) in [4.78, 5) is 0. The zero-order chi connectivity index (χ0) is 10.6. The van der Waals surface area contributed by atoms with Gasteiger partial charge in [-0.25, -0.2) is 4.58 Å². The Bertz CT molecular complexity index is 304. The molecular weight excluding hydrogens is 170 g/mol. The molecule has 0 bridgehead atoms. The van der Waals surface area contributed by atoms with E-state index in [-0.39, 0.29) is 5.41 Å². The van der Waals surface area contributed by atoms with Gasteiger partial charge < -0.3 is 0 Å². The van der Waals surface area contributed by atoms with Crippen LogP contribution in [0.1, 0.15) is 26.3 Å². The molecule has 1 heteroatoms. The van der Waals surface area contributed by atoms with E-state index in [1.165, 1.54) is 5.56 Å². The third-order valence-corrected chi connectivity index (χ3v) is 1.88. The Kier molecular flexibility index (Phi) is 3.45. The first-order valence-electron chi connectivity index (χ1n) is 5.07. The van der Waals surface area contributed by atoms with Gasteiger partial charge in [0.05, 0.1) is 0 Å². The lowest BCUT2D eigenvalue weighted by Crippen LogP contribution is -2.17. The van der Waals surface area contributed by atoms with Crippen molar-refractivity contribution >= 4 is 6.21 Å². The average Bonchev–Trinajstić information content (AvgIpc) is 2.02. The maximum Gasteiger partial charge on any atom is 0.167 e. The maximum atomic E-state index is 2.26. The molecule has 0 N–H and O–H groups in total. The van der Waals surface area contributed by atoms with Crippen molar-refractivity contribution in [2.24, 2.45) is 5.41 Å². The first-order valence-corrected chi connectivity index (χ1v) is 5.07. The monoisotopic (exact) mass is 190 g/mol. The smallest absolute Gasteiger partial charge is 0.167 e. The Balaban J connectivity index is 2.67. The van der Waals surface area contributed by atoms with Gasteiger partial charge in [-0.1, -0.05) is 51.1 Å². The minimum Gasteiger partial charge on any atom is -0.237 e. The number of hydrogen-bond donors (Lipinski definition) is 0. The number of nitrogens with zero attached hydrogens (tertiary/aromatic N) is 1. The molecular formula is C13H20N+. The fourth-order valence-electron chi connectivity index (χ4n) is 1.58. The van der Waals surface area contributed by atoms with Crippen molar-refractivity contribution in [3.63, 3.8) is 0 Å². The minimum atomic E-state index is 0.254. The van der Waals surface area contributed by atoms with E-state index in [0.717, 1.165) is 6.54 Å². The van der Waals surface area contributed by atoms with Gasteiger partial charge in [0.25, 0.3) is 0 Å². The van der Waals surface area contributed by atoms with Crippen LogP contribution in [-0.2, 0) is 6.54 Å². The van der Waals surface area contributed by atoms with E-state index < -0.39 is 0 Å². The first-order chi connectivity index (χ1) is 6.47. The normalized spacial score (nSPS) is 13.0. The van der Waals surface area contributed by atoms with Gasteiger partial charge in [0.15, 0.2) is 6.54 Å². The molecule has 0 saturated heterocycles. The van der Waals surface area contributed by atoms with Crippen molar-refractivity contribution in [2.45, 2.75) is 27.3 Å². The van der Waals surface area contributed by atoms with Gasteiger partial charge >= 0.3 is 0 Å². The summed E-state index contributed by atoms with van der Waals surface area (Å²) in [6.07, 6.45) is 2.26. The molecule has 0 atom stereocenters. The highest BCUT2D eigenvalue weighted by atomic mass is 15.0. The van der Waals surface area contributed by atoms with Crippen LogP contribution in [-0.4, -0.2) is 17.8 Å². The van der Waals surface area contributed by atoms with Crippen LogP contribution in [0.15, 0.2) is 30.3 Å². The standard InChI is InChI=1S/C13H20N/c1-13(2,3)11-14(4)10-12-8-6-5-7-9-12/h5-9,11H,10H2,1-4H3/q+1. The third-order valence-electron chi connectivity index (χ3n) is 1.88. The molecule has 14 heavy (non-hydrogen) atoms. The highest BCUT2D eigenvalue weighted by Crippen LogP contribution is 2.09. The van der Waals surface area contributed by atoms with E-state index in [1.807, 2.05) is 0 Å². The molecule has 1 rings (SSSR count). The number of benzene rings is 1. The summed E-state index contributed by atoms with van der Waals surface area (Å²) >= 11 is 0. The summed E-state index contributed by atoms with van der Waals surface area (Å²) < 4.78 is 2.25. The molecule has 0 fully saturated rings. The van der Waals surface area contributed by atoms with E-state index in [2.05, 4.69) is 68.9 Å². The fourth-order valence-corrected chi connectivity index (χ4v) is 1.58. The predicted octanol–water partition coefficient (Wildman–Crippen LogP) is 2.95. The second-order valence-corrected chi connectivity index (χ2v) is 4.90. The fraction of sp³-hybridized carbons (Fsp3) is 0.462. The Morgan fingerprint density at radius 2 is 1.71 bits per heavy atom. The molecule has 1 aromatic carbocycles. The van der Waals surface area contributed by atoms with E-state index in [4.69, 9.17) is 0 Å². The molecule has 0 aliphatic rings. The highest BCUT2D eigenvalue weighted by Gasteiger charge is 2.12. The van der Waals surface area contributed by atoms with Gasteiger partial charge in [-0.2, -0.15) is 0 Å². The van der Waals surface area contributed by atoms with Crippen LogP contribution >= 0.6 is 0 Å². The lowest BCUT2D eigenvalue weighted by Gasteiger charge is -2.09. The first kappa shape index (κ1) is 11.0. The SMILES string of the molecule is C[N+](=CC(C)(C)C)Cc1ccccc1. The highest BCUT2D eigenvalue weighted by molar-refractivity contribution is 5.58. The number of rotatable bonds is 2. The average molecular weight is 190 g/mol. The molecule has 0 aliphatic heterocycles. The molecule has 0 spiro atoms. The quantitative estimate of drug-likeness (QED) is 0.498. The Hall–Kier alpha value is -1.11. The lowest BCUT2D eigenvalue weighted by atomic mass is 9.99. The Morgan fingerprint density at radius 3 is 2.21 bits per heavy atom. The van der Waals surface area contributed by atoms with Gasteiger partial charge in [-0.3, -0.25) is 0 Å². The van der Waals surface area contributed by atoms with Crippen LogP contribution in [0.4, 0.5) is 0 Å². The van der Waals surface area contributed by atoms with Crippen LogP contribution in [0.5, 0.6) is 0 Å². The van der Waals surface area contributed by atoms with Crippen LogP contribution < -0.4 is 0 Å². The molecule has 76 valence electrons. The van der Waals surface area contributed by atoms with Gasteiger partial charge in [0.2, 0.25) is 0 Å². The summed E-state index contributed by atoms with van der Waals surface area (Å²) in [7, 11) is 2.12. The summed E-state index contributed by atoms with van der Waals surface area (Å²) in [5, 5.41) is 0. The van der Waals surface area contributed by atoms with Gasteiger partial charge in [0.1, 0.15) is 13.3 Å². The third kappa shape index (κ3) is 4.22. The molecule has 0 aliphatic carbocycles. The van der Waals surface area contributed by atoms with Gasteiger partial charge in [0, 0.05) is 11.0 Å². The largest absolute Gasteiger partial charge is 0.237 e. The van der Waals surface area contributed by atoms with Crippen LogP contribution in [0.2, 0.25) is 0 Å². The molecule has 0 aromatic heterocycles. The molecule has 0 amide bonds. The van der Waals surface area contributed by atoms with Gasteiger partial charge in [-0.15, -0.1) is 0 Å². The van der Waals surface area contributed by atoms with Crippen molar-refractivity contribution in [1.29, 1.82) is 0 Å². The minimum absolute atomic E-state index is 0.254. The zero-order valence-electron chi connectivity index (χ0n) is 9.62. The summed E-state index contributed by atoms with van der Waals surface area (Å²) in [5.41, 5.74) is 1.61. The molecule has 0 radical (unpaired) electrons. The summed E-state index contributed by atoms with van der Waals surface area (Å²) in [6.45, 7) is 7.63. The van der Waals surface area contributed by atoms with E-state index in [9.17, 15) is 0 Å². The molecule has 0 unspecified atom stereocenters. The van der Waals surface area contributed by atoms with Crippen molar-refractivity contribution in [3.8, 4) is 0 Å². The number of hydrogen-bond acceptors (Lipinski definition) is 0.